The predicted molar refractivity (Wildman–Crippen MR) is 235 cm³/mol. The van der Waals surface area contributed by atoms with Gasteiger partial charge in [0.25, 0.3) is 0 Å². The Morgan fingerprint density at radius 2 is 1.24 bits per heavy atom. The van der Waals surface area contributed by atoms with E-state index in [2.05, 4.69) is 187 Å². The predicted octanol–water partition coefficient (Wildman–Crippen LogP) is 14.7. The van der Waals surface area contributed by atoms with Crippen molar-refractivity contribution in [1.82, 2.24) is 0 Å². The Morgan fingerprint density at radius 3 is 1.84 bits per heavy atom. The quantitative estimate of drug-likeness (QED) is 0.138. The van der Waals surface area contributed by atoms with Crippen LogP contribution in [0, 0.1) is 0 Å². The van der Waals surface area contributed by atoms with Crippen molar-refractivity contribution in [2.24, 2.45) is 0 Å². The molecule has 0 bridgehead atoms. The minimum atomic E-state index is 0.233. The lowest BCUT2D eigenvalue weighted by molar-refractivity contribution is 0.330. The van der Waals surface area contributed by atoms with E-state index in [9.17, 15) is 0 Å². The molecular formula is C53H50N2. The normalized spacial score (nSPS) is 17.9. The summed E-state index contributed by atoms with van der Waals surface area (Å²) >= 11 is 0. The smallest absolute Gasteiger partial charge is 0.0462 e. The third-order valence-electron chi connectivity index (χ3n) is 12.4. The zero-order valence-electron chi connectivity index (χ0n) is 32.1. The third-order valence-corrected chi connectivity index (χ3v) is 12.4. The number of allylic oxidation sites excluding steroid dienone is 5. The Bertz CT molecular complexity index is 2350. The Hall–Kier alpha value is -5.86. The van der Waals surface area contributed by atoms with Crippen molar-refractivity contribution < 1.29 is 0 Å². The molecule has 3 aliphatic rings. The fourth-order valence-corrected chi connectivity index (χ4v) is 9.24. The van der Waals surface area contributed by atoms with Gasteiger partial charge in [0.1, 0.15) is 0 Å². The summed E-state index contributed by atoms with van der Waals surface area (Å²) in [4.78, 5) is 4.82. The molecule has 1 atom stereocenters. The largest absolute Gasteiger partial charge is 0.341 e. The summed E-state index contributed by atoms with van der Waals surface area (Å²) in [5.41, 5.74) is 18.1. The second kappa shape index (κ2) is 15.1. The van der Waals surface area contributed by atoms with Crippen molar-refractivity contribution in [3.63, 3.8) is 0 Å². The number of rotatable bonds is 9. The van der Waals surface area contributed by atoms with Gasteiger partial charge in [0.15, 0.2) is 0 Å². The van der Waals surface area contributed by atoms with Crippen molar-refractivity contribution in [2.45, 2.75) is 63.7 Å². The second-order valence-corrected chi connectivity index (χ2v) is 15.7. The number of fused-ring (bicyclic) bond motifs is 1. The van der Waals surface area contributed by atoms with Crippen LogP contribution in [0.15, 0.2) is 176 Å². The van der Waals surface area contributed by atoms with Crippen molar-refractivity contribution in [3.8, 4) is 22.3 Å². The topological polar surface area (TPSA) is 6.48 Å². The lowest BCUT2D eigenvalue weighted by Gasteiger charge is -2.38. The molecule has 1 fully saturated rings. The molecule has 1 aliphatic heterocycles. The lowest BCUT2D eigenvalue weighted by Crippen LogP contribution is -2.28. The summed E-state index contributed by atoms with van der Waals surface area (Å²) < 4.78 is 0. The van der Waals surface area contributed by atoms with E-state index in [-0.39, 0.29) is 5.41 Å². The minimum absolute atomic E-state index is 0.233. The minimum Gasteiger partial charge on any atom is -0.341 e. The molecule has 0 spiro atoms. The standard InChI is InChI=1S/C53H50N2/c1-3-53(35-10-11-39(2)38-53)47-25-16-41(17-26-47)43-20-29-50(30-21-43)55(49-27-18-42(19-28-49)40-12-6-4-7-13-40)51-31-22-44(23-32-51)45-24-33-52-46(37-45)34-36-54(52)48-14-8-5-9-15-48/h5-6,8-9,12-33,37H,2-4,7,10-11,34-36,38H2,1H3. The van der Waals surface area contributed by atoms with Gasteiger partial charge in [-0.2, -0.15) is 0 Å². The zero-order chi connectivity index (χ0) is 37.2. The molecular weight excluding hydrogens is 665 g/mol. The van der Waals surface area contributed by atoms with Gasteiger partial charge in [-0.3, -0.25) is 0 Å². The first-order valence-corrected chi connectivity index (χ1v) is 20.3. The van der Waals surface area contributed by atoms with E-state index in [0.29, 0.717) is 0 Å². The molecule has 6 aromatic rings. The van der Waals surface area contributed by atoms with Crippen LogP contribution in [0.25, 0.3) is 27.8 Å². The molecule has 0 saturated heterocycles. The Labute approximate surface area is 327 Å². The summed E-state index contributed by atoms with van der Waals surface area (Å²) in [5.74, 6) is 0. The van der Waals surface area contributed by atoms with Crippen LogP contribution >= 0.6 is 0 Å². The van der Waals surface area contributed by atoms with Crippen LogP contribution in [0.3, 0.4) is 0 Å². The van der Waals surface area contributed by atoms with E-state index in [1.807, 2.05) is 0 Å². The van der Waals surface area contributed by atoms with Gasteiger partial charge in [-0.15, -0.1) is 0 Å². The third kappa shape index (κ3) is 6.98. The number of hydrogen-bond acceptors (Lipinski definition) is 2. The fourth-order valence-electron chi connectivity index (χ4n) is 9.24. The van der Waals surface area contributed by atoms with Gasteiger partial charge in [0.2, 0.25) is 0 Å². The number of nitrogens with zero attached hydrogens (tertiary/aromatic N) is 2. The number of hydrogen-bond donors (Lipinski definition) is 0. The number of anilines is 5. The molecule has 9 rings (SSSR count). The highest BCUT2D eigenvalue weighted by molar-refractivity contribution is 5.83. The molecule has 55 heavy (non-hydrogen) atoms. The molecule has 1 saturated carbocycles. The molecule has 6 aromatic carbocycles. The van der Waals surface area contributed by atoms with E-state index in [1.165, 1.54) is 80.7 Å². The zero-order valence-corrected chi connectivity index (χ0v) is 32.1. The highest BCUT2D eigenvalue weighted by Gasteiger charge is 2.33. The highest BCUT2D eigenvalue weighted by atomic mass is 15.2. The Balaban J connectivity index is 1.01. The van der Waals surface area contributed by atoms with Crippen molar-refractivity contribution in [1.29, 1.82) is 0 Å². The molecule has 272 valence electrons. The van der Waals surface area contributed by atoms with E-state index < -0.39 is 0 Å². The van der Waals surface area contributed by atoms with Crippen LogP contribution in [0.5, 0.6) is 0 Å². The maximum atomic E-state index is 4.37. The maximum absolute atomic E-state index is 4.37. The molecule has 0 amide bonds. The van der Waals surface area contributed by atoms with Gasteiger partial charge in [0.05, 0.1) is 0 Å². The van der Waals surface area contributed by atoms with Crippen molar-refractivity contribution >= 4 is 34.0 Å². The van der Waals surface area contributed by atoms with Gasteiger partial charge in [-0.05, 0) is 162 Å². The molecule has 2 aliphatic carbocycles. The molecule has 1 heterocycles. The highest BCUT2D eigenvalue weighted by Crippen LogP contribution is 2.45. The first-order chi connectivity index (χ1) is 27.1. The van der Waals surface area contributed by atoms with Crippen LogP contribution in [-0.2, 0) is 11.8 Å². The van der Waals surface area contributed by atoms with Gasteiger partial charge < -0.3 is 9.80 Å². The molecule has 1 unspecified atom stereocenters. The first kappa shape index (κ1) is 34.9. The molecule has 2 heteroatoms. The Morgan fingerprint density at radius 1 is 0.636 bits per heavy atom. The van der Waals surface area contributed by atoms with Crippen LogP contribution in [0.2, 0.25) is 0 Å². The fraction of sp³-hybridized carbons (Fsp3) is 0.208. The van der Waals surface area contributed by atoms with Crippen LogP contribution in [-0.4, -0.2) is 6.54 Å². The summed E-state index contributed by atoms with van der Waals surface area (Å²) in [7, 11) is 0. The number of benzene rings is 6. The van der Waals surface area contributed by atoms with Crippen LogP contribution < -0.4 is 9.80 Å². The summed E-state index contributed by atoms with van der Waals surface area (Å²) in [6.07, 6.45) is 16.1. The SMILES string of the molecule is C=C1CCCC(CC)(c2ccc(-c3ccc(N(c4ccc(C5=CCCC=C5)cc4)c4ccc(-c5ccc6c(c5)CCN6c5ccccc5)cc4)cc3)cc2)C1. The van der Waals surface area contributed by atoms with E-state index in [0.717, 1.165) is 55.7 Å². The lowest BCUT2D eigenvalue weighted by atomic mass is 9.66. The van der Waals surface area contributed by atoms with Crippen molar-refractivity contribution in [2.75, 3.05) is 16.3 Å². The van der Waals surface area contributed by atoms with Gasteiger partial charge >= 0.3 is 0 Å². The molecule has 2 nitrogen and oxygen atoms in total. The summed E-state index contributed by atoms with van der Waals surface area (Å²) in [6.45, 7) is 7.73. The Kier molecular flexibility index (Phi) is 9.58. The van der Waals surface area contributed by atoms with E-state index in [1.54, 1.807) is 0 Å². The van der Waals surface area contributed by atoms with Gasteiger partial charge in [-0.25, -0.2) is 0 Å². The molecule has 0 radical (unpaired) electrons. The number of para-hydroxylation sites is 1. The van der Waals surface area contributed by atoms with E-state index >= 15 is 0 Å². The van der Waals surface area contributed by atoms with Gasteiger partial charge in [0, 0.05) is 35.0 Å². The van der Waals surface area contributed by atoms with Crippen molar-refractivity contribution in [3.05, 3.63) is 193 Å². The van der Waals surface area contributed by atoms with Crippen LogP contribution in [0.4, 0.5) is 28.4 Å². The summed E-state index contributed by atoms with van der Waals surface area (Å²) in [6, 6.07) is 54.3. The maximum Gasteiger partial charge on any atom is 0.0462 e. The first-order valence-electron chi connectivity index (χ1n) is 20.3. The van der Waals surface area contributed by atoms with Crippen LogP contribution in [0.1, 0.15) is 68.6 Å². The average Bonchev–Trinajstić information content (AvgIpc) is 3.69. The van der Waals surface area contributed by atoms with Gasteiger partial charge in [-0.1, -0.05) is 122 Å². The molecule has 0 N–H and O–H groups in total. The molecule has 0 aromatic heterocycles. The average molecular weight is 715 g/mol. The monoisotopic (exact) mass is 714 g/mol. The summed E-state index contributed by atoms with van der Waals surface area (Å²) in [5, 5.41) is 0. The van der Waals surface area contributed by atoms with E-state index in [4.69, 9.17) is 0 Å². The second-order valence-electron chi connectivity index (χ2n) is 15.7.